The lowest BCUT2D eigenvalue weighted by Gasteiger charge is -2.46. The van der Waals surface area contributed by atoms with Crippen molar-refractivity contribution in [2.75, 3.05) is 10.2 Å². The lowest BCUT2D eigenvalue weighted by molar-refractivity contribution is -0.118. The van der Waals surface area contributed by atoms with Crippen molar-refractivity contribution in [3.05, 3.63) is 94.5 Å². The van der Waals surface area contributed by atoms with Gasteiger partial charge in [0.2, 0.25) is 5.91 Å². The number of hydrogen-bond acceptors (Lipinski definition) is 2. The molecule has 3 amide bonds. The zero-order chi connectivity index (χ0) is 22.7. The van der Waals surface area contributed by atoms with Gasteiger partial charge < -0.3 is 15.5 Å². The summed E-state index contributed by atoms with van der Waals surface area (Å²) in [6, 6.07) is 22.9. The maximum absolute atomic E-state index is 12.7. The van der Waals surface area contributed by atoms with Crippen LogP contribution in [0.5, 0.6) is 0 Å². The van der Waals surface area contributed by atoms with E-state index < -0.39 is 5.54 Å². The van der Waals surface area contributed by atoms with Crippen molar-refractivity contribution in [2.45, 2.75) is 38.8 Å². The molecule has 0 aromatic heterocycles. The highest BCUT2D eigenvalue weighted by Gasteiger charge is 2.40. The van der Waals surface area contributed by atoms with Gasteiger partial charge in [0.15, 0.2) is 0 Å². The molecule has 1 aliphatic rings. The summed E-state index contributed by atoms with van der Waals surface area (Å²) in [7, 11) is 0. The Labute approximate surface area is 193 Å². The molecule has 3 aromatic carbocycles. The first-order chi connectivity index (χ1) is 15.4. The molecule has 1 heterocycles. The number of urea groups is 1. The lowest BCUT2D eigenvalue weighted by atomic mass is 9.80. The maximum atomic E-state index is 12.7. The van der Waals surface area contributed by atoms with Crippen LogP contribution in [0.3, 0.4) is 0 Å². The third-order valence-corrected chi connectivity index (χ3v) is 6.28. The number of carbonyl (C=O) groups is 2. The monoisotopic (exact) mass is 447 g/mol. The Morgan fingerprint density at radius 1 is 1.03 bits per heavy atom. The Morgan fingerprint density at radius 2 is 1.75 bits per heavy atom. The Kier molecular flexibility index (Phi) is 6.19. The molecule has 0 aliphatic carbocycles. The normalized spacial score (nSPS) is 17.4. The molecule has 1 aliphatic heterocycles. The van der Waals surface area contributed by atoms with E-state index in [0.29, 0.717) is 17.3 Å². The quantitative estimate of drug-likeness (QED) is 0.524. The van der Waals surface area contributed by atoms with Gasteiger partial charge in [-0.25, -0.2) is 4.79 Å². The summed E-state index contributed by atoms with van der Waals surface area (Å²) in [6.07, 6.45) is 1.61. The molecule has 0 saturated carbocycles. The van der Waals surface area contributed by atoms with Crippen molar-refractivity contribution in [2.24, 2.45) is 0 Å². The topological polar surface area (TPSA) is 61.4 Å². The van der Waals surface area contributed by atoms with Crippen LogP contribution in [0.2, 0.25) is 5.02 Å². The number of amides is 3. The average molecular weight is 448 g/mol. The number of aryl methyl sites for hydroxylation is 1. The molecule has 4 rings (SSSR count). The molecule has 32 heavy (non-hydrogen) atoms. The fourth-order valence-electron chi connectivity index (χ4n) is 4.39. The van der Waals surface area contributed by atoms with E-state index in [4.69, 9.17) is 11.6 Å². The molecule has 1 atom stereocenters. The third kappa shape index (κ3) is 4.48. The number of hydrogen-bond donors (Lipinski definition) is 2. The van der Waals surface area contributed by atoms with Gasteiger partial charge in [0, 0.05) is 29.9 Å². The predicted octanol–water partition coefficient (Wildman–Crippen LogP) is 5.88. The zero-order valence-corrected chi connectivity index (χ0v) is 18.9. The number of rotatable bonds is 4. The number of anilines is 2. The van der Waals surface area contributed by atoms with Gasteiger partial charge in [0.05, 0.1) is 5.54 Å². The standard InChI is InChI=1S/C26H26ClN3O2/c1-18(31)30-24-13-12-23(29-25(32)28-17-19-8-10-22(27)11-9-19)16-20(24)14-15-26(30,2)21-6-4-3-5-7-21/h3-13,16H,14-15,17H2,1-2H3,(H2,28,29,32). The van der Waals surface area contributed by atoms with E-state index in [1.54, 1.807) is 19.1 Å². The summed E-state index contributed by atoms with van der Waals surface area (Å²) in [5, 5.41) is 6.40. The summed E-state index contributed by atoms with van der Waals surface area (Å²) < 4.78 is 0. The van der Waals surface area contributed by atoms with Gasteiger partial charge in [0.1, 0.15) is 0 Å². The van der Waals surface area contributed by atoms with Gasteiger partial charge in [-0.1, -0.05) is 54.1 Å². The van der Waals surface area contributed by atoms with E-state index in [0.717, 1.165) is 35.2 Å². The maximum Gasteiger partial charge on any atom is 0.319 e. The van der Waals surface area contributed by atoms with Crippen LogP contribution in [-0.4, -0.2) is 11.9 Å². The average Bonchev–Trinajstić information content (AvgIpc) is 2.79. The molecule has 0 radical (unpaired) electrons. The van der Waals surface area contributed by atoms with E-state index in [9.17, 15) is 9.59 Å². The van der Waals surface area contributed by atoms with E-state index >= 15 is 0 Å². The summed E-state index contributed by atoms with van der Waals surface area (Å²) in [6.45, 7) is 4.12. The number of halogens is 1. The highest BCUT2D eigenvalue weighted by molar-refractivity contribution is 6.30. The van der Waals surface area contributed by atoms with Crippen LogP contribution < -0.4 is 15.5 Å². The molecule has 0 spiro atoms. The molecule has 0 bridgehead atoms. The van der Waals surface area contributed by atoms with Crippen LogP contribution in [0.25, 0.3) is 0 Å². The predicted molar refractivity (Wildman–Crippen MR) is 129 cm³/mol. The van der Waals surface area contributed by atoms with Crippen molar-refractivity contribution in [3.8, 4) is 0 Å². The first kappa shape index (κ1) is 21.9. The minimum absolute atomic E-state index is 0.00119. The van der Waals surface area contributed by atoms with Gasteiger partial charge >= 0.3 is 6.03 Å². The molecule has 3 aromatic rings. The van der Waals surface area contributed by atoms with Gasteiger partial charge in [-0.15, -0.1) is 0 Å². The number of nitrogens with one attached hydrogen (secondary N) is 2. The second-order valence-electron chi connectivity index (χ2n) is 8.27. The Hall–Kier alpha value is -3.31. The molecule has 164 valence electrons. The summed E-state index contributed by atoms with van der Waals surface area (Å²) >= 11 is 5.90. The Bertz CT molecular complexity index is 1130. The van der Waals surface area contributed by atoms with Crippen LogP contribution in [0.1, 0.15) is 37.0 Å². The molecule has 6 heteroatoms. The number of benzene rings is 3. The molecule has 1 unspecified atom stereocenters. The van der Waals surface area contributed by atoms with Crippen molar-refractivity contribution in [1.29, 1.82) is 0 Å². The minimum Gasteiger partial charge on any atom is -0.334 e. The highest BCUT2D eigenvalue weighted by atomic mass is 35.5. The minimum atomic E-state index is -0.412. The number of carbonyl (C=O) groups excluding carboxylic acids is 2. The summed E-state index contributed by atoms with van der Waals surface area (Å²) in [4.78, 5) is 26.9. The summed E-state index contributed by atoms with van der Waals surface area (Å²) in [5.74, 6) is -0.00119. The van der Waals surface area contributed by atoms with Crippen LogP contribution in [0, 0.1) is 0 Å². The Morgan fingerprint density at radius 3 is 2.44 bits per heavy atom. The molecule has 2 N–H and O–H groups in total. The van der Waals surface area contributed by atoms with Crippen LogP contribution in [0.4, 0.5) is 16.2 Å². The van der Waals surface area contributed by atoms with E-state index in [1.807, 2.05) is 53.4 Å². The fourth-order valence-corrected chi connectivity index (χ4v) is 4.51. The van der Waals surface area contributed by atoms with E-state index in [2.05, 4.69) is 29.7 Å². The largest absolute Gasteiger partial charge is 0.334 e. The lowest BCUT2D eigenvalue weighted by Crippen LogP contribution is -2.50. The van der Waals surface area contributed by atoms with Crippen molar-refractivity contribution < 1.29 is 9.59 Å². The van der Waals surface area contributed by atoms with Gasteiger partial charge in [-0.2, -0.15) is 0 Å². The van der Waals surface area contributed by atoms with Gasteiger partial charge in [-0.05, 0) is 66.8 Å². The zero-order valence-electron chi connectivity index (χ0n) is 18.2. The van der Waals surface area contributed by atoms with E-state index in [1.165, 1.54) is 0 Å². The van der Waals surface area contributed by atoms with Crippen LogP contribution in [-0.2, 0) is 23.3 Å². The summed E-state index contributed by atoms with van der Waals surface area (Å²) in [5.41, 5.74) is 4.30. The second kappa shape index (κ2) is 9.05. The molecular formula is C26H26ClN3O2. The SMILES string of the molecule is CC(=O)N1c2ccc(NC(=O)NCc3ccc(Cl)cc3)cc2CCC1(C)c1ccccc1. The van der Waals surface area contributed by atoms with Gasteiger partial charge in [-0.3, -0.25) is 4.79 Å². The van der Waals surface area contributed by atoms with Crippen molar-refractivity contribution in [1.82, 2.24) is 5.32 Å². The number of fused-ring (bicyclic) bond motifs is 1. The van der Waals surface area contributed by atoms with Crippen molar-refractivity contribution in [3.63, 3.8) is 0 Å². The molecule has 0 saturated heterocycles. The molecule has 0 fully saturated rings. The van der Waals surface area contributed by atoms with Crippen molar-refractivity contribution >= 4 is 34.9 Å². The molecule has 5 nitrogen and oxygen atoms in total. The first-order valence-corrected chi connectivity index (χ1v) is 11.0. The highest BCUT2D eigenvalue weighted by Crippen LogP contribution is 2.43. The van der Waals surface area contributed by atoms with E-state index in [-0.39, 0.29) is 11.9 Å². The van der Waals surface area contributed by atoms with Crippen LogP contribution >= 0.6 is 11.6 Å². The van der Waals surface area contributed by atoms with Crippen LogP contribution in [0.15, 0.2) is 72.8 Å². The van der Waals surface area contributed by atoms with Gasteiger partial charge in [0.25, 0.3) is 0 Å². The smallest absolute Gasteiger partial charge is 0.319 e. The number of nitrogens with zero attached hydrogens (tertiary/aromatic N) is 1. The first-order valence-electron chi connectivity index (χ1n) is 10.7. The molecular weight excluding hydrogens is 422 g/mol. The third-order valence-electron chi connectivity index (χ3n) is 6.03. The Balaban J connectivity index is 1.50. The second-order valence-corrected chi connectivity index (χ2v) is 8.71. The fraction of sp³-hybridized carbons (Fsp3) is 0.231.